The van der Waals surface area contributed by atoms with Crippen LogP contribution < -0.4 is 0 Å². The molecule has 5 heteroatoms. The van der Waals surface area contributed by atoms with Gasteiger partial charge in [0.2, 0.25) is 5.91 Å². The van der Waals surface area contributed by atoms with Crippen LogP contribution in [-0.2, 0) is 9.53 Å². The molecule has 3 atom stereocenters. The lowest BCUT2D eigenvalue weighted by atomic mass is 10.0. The second-order valence-electron chi connectivity index (χ2n) is 4.90. The number of likely N-dealkylation sites (tertiary alicyclic amines) is 1. The molecule has 1 saturated heterocycles. The standard InChI is InChI=1S/C12H22FNO3/c1-8(2)17-11-4-5-14(6-10(11)13)12(16)9(3)7-15/h8-11,15H,4-7H2,1-3H3/t9-,10+,11-/m0/s1. The molecule has 1 N–H and O–H groups in total. The van der Waals surface area contributed by atoms with Gasteiger partial charge in [0.15, 0.2) is 0 Å². The summed E-state index contributed by atoms with van der Waals surface area (Å²) in [4.78, 5) is 13.2. The van der Waals surface area contributed by atoms with E-state index in [9.17, 15) is 9.18 Å². The number of halogens is 1. The number of ether oxygens (including phenoxy) is 1. The van der Waals surface area contributed by atoms with Crippen molar-refractivity contribution in [1.29, 1.82) is 0 Å². The van der Waals surface area contributed by atoms with E-state index in [1.807, 2.05) is 13.8 Å². The van der Waals surface area contributed by atoms with E-state index in [1.54, 1.807) is 6.92 Å². The highest BCUT2D eigenvalue weighted by molar-refractivity contribution is 5.78. The third-order valence-corrected chi connectivity index (χ3v) is 2.94. The number of aliphatic hydroxyl groups excluding tert-OH is 1. The Morgan fingerprint density at radius 3 is 2.65 bits per heavy atom. The molecule has 0 aromatic carbocycles. The van der Waals surface area contributed by atoms with Gasteiger partial charge in [-0.25, -0.2) is 4.39 Å². The molecule has 100 valence electrons. The number of hydrogen-bond donors (Lipinski definition) is 1. The molecule has 1 fully saturated rings. The lowest BCUT2D eigenvalue weighted by Crippen LogP contribution is -2.50. The molecule has 0 aromatic heterocycles. The van der Waals surface area contributed by atoms with Crippen molar-refractivity contribution in [2.24, 2.45) is 5.92 Å². The van der Waals surface area contributed by atoms with E-state index in [1.165, 1.54) is 4.90 Å². The maximum absolute atomic E-state index is 13.8. The number of nitrogens with zero attached hydrogens (tertiary/aromatic N) is 1. The van der Waals surface area contributed by atoms with Crippen LogP contribution >= 0.6 is 0 Å². The van der Waals surface area contributed by atoms with Gasteiger partial charge in [-0.3, -0.25) is 4.79 Å². The van der Waals surface area contributed by atoms with Gasteiger partial charge in [0, 0.05) is 6.54 Å². The summed E-state index contributed by atoms with van der Waals surface area (Å²) in [6, 6.07) is 0. The normalized spacial score (nSPS) is 27.3. The molecule has 1 heterocycles. The van der Waals surface area contributed by atoms with Gasteiger partial charge in [-0.15, -0.1) is 0 Å². The van der Waals surface area contributed by atoms with Crippen molar-refractivity contribution in [2.75, 3.05) is 19.7 Å². The Hall–Kier alpha value is -0.680. The van der Waals surface area contributed by atoms with Crippen molar-refractivity contribution < 1.29 is 19.0 Å². The lowest BCUT2D eigenvalue weighted by molar-refractivity contribution is -0.143. The topological polar surface area (TPSA) is 49.8 Å². The molecule has 1 rings (SSSR count). The van der Waals surface area contributed by atoms with E-state index in [4.69, 9.17) is 9.84 Å². The second-order valence-corrected chi connectivity index (χ2v) is 4.90. The highest BCUT2D eigenvalue weighted by Gasteiger charge is 2.33. The SMILES string of the molecule is CC(C)O[C@H]1CCN(C(=O)[C@@H](C)CO)C[C@H]1F. The Morgan fingerprint density at radius 2 is 2.18 bits per heavy atom. The van der Waals surface area contributed by atoms with E-state index in [0.717, 1.165) is 0 Å². The van der Waals surface area contributed by atoms with Crippen LogP contribution in [0.25, 0.3) is 0 Å². The zero-order chi connectivity index (χ0) is 13.0. The molecule has 4 nitrogen and oxygen atoms in total. The zero-order valence-corrected chi connectivity index (χ0v) is 10.7. The molecule has 1 aliphatic heterocycles. The minimum Gasteiger partial charge on any atom is -0.396 e. The number of piperidine rings is 1. The van der Waals surface area contributed by atoms with Crippen molar-refractivity contribution >= 4 is 5.91 Å². The minimum atomic E-state index is -1.14. The van der Waals surface area contributed by atoms with Crippen LogP contribution in [0.1, 0.15) is 27.2 Å². The van der Waals surface area contributed by atoms with Crippen molar-refractivity contribution in [3.63, 3.8) is 0 Å². The summed E-state index contributed by atoms with van der Waals surface area (Å²) in [5.74, 6) is -0.636. The van der Waals surface area contributed by atoms with Gasteiger partial charge in [0.05, 0.1) is 31.3 Å². The maximum atomic E-state index is 13.8. The first-order chi connectivity index (χ1) is 7.95. The predicted octanol–water partition coefficient (Wildman–Crippen LogP) is 0.979. The molecular formula is C12H22FNO3. The first-order valence-corrected chi connectivity index (χ1v) is 6.14. The van der Waals surface area contributed by atoms with Gasteiger partial charge in [-0.2, -0.15) is 0 Å². The van der Waals surface area contributed by atoms with E-state index < -0.39 is 18.2 Å². The van der Waals surface area contributed by atoms with Crippen LogP contribution in [0, 0.1) is 5.92 Å². The number of rotatable bonds is 4. The lowest BCUT2D eigenvalue weighted by Gasteiger charge is -2.36. The summed E-state index contributed by atoms with van der Waals surface area (Å²) >= 11 is 0. The maximum Gasteiger partial charge on any atom is 0.227 e. The summed E-state index contributed by atoms with van der Waals surface area (Å²) in [6.45, 7) is 5.77. The minimum absolute atomic E-state index is 0.00290. The van der Waals surface area contributed by atoms with Gasteiger partial charge < -0.3 is 14.7 Å². The molecule has 1 aliphatic rings. The summed E-state index contributed by atoms with van der Waals surface area (Å²) in [5, 5.41) is 8.91. The summed E-state index contributed by atoms with van der Waals surface area (Å²) < 4.78 is 19.3. The van der Waals surface area contributed by atoms with Crippen LogP contribution in [-0.4, -0.2) is 54.0 Å². The van der Waals surface area contributed by atoms with Crippen molar-refractivity contribution in [2.45, 2.75) is 45.6 Å². The number of carbonyl (C=O) groups is 1. The molecule has 1 amide bonds. The number of alkyl halides is 1. The fourth-order valence-electron chi connectivity index (χ4n) is 1.98. The first-order valence-electron chi connectivity index (χ1n) is 6.14. The Balaban J connectivity index is 2.49. The quantitative estimate of drug-likeness (QED) is 0.805. The number of carbonyl (C=O) groups excluding carboxylic acids is 1. The Kier molecular flexibility index (Phi) is 5.33. The smallest absolute Gasteiger partial charge is 0.227 e. The van der Waals surface area contributed by atoms with Crippen molar-refractivity contribution in [3.05, 3.63) is 0 Å². The summed E-state index contributed by atoms with van der Waals surface area (Å²) in [6.07, 6.45) is -1.04. The van der Waals surface area contributed by atoms with E-state index >= 15 is 0 Å². The first kappa shape index (κ1) is 14.4. The van der Waals surface area contributed by atoms with Crippen LogP contribution in [0.5, 0.6) is 0 Å². The Bertz CT molecular complexity index is 260. The fraction of sp³-hybridized carbons (Fsp3) is 0.917. The molecule has 0 spiro atoms. The van der Waals surface area contributed by atoms with Crippen LogP contribution in [0.3, 0.4) is 0 Å². The molecule has 0 aliphatic carbocycles. The van der Waals surface area contributed by atoms with Crippen LogP contribution in [0.2, 0.25) is 0 Å². The third-order valence-electron chi connectivity index (χ3n) is 2.94. The van der Waals surface area contributed by atoms with Gasteiger partial charge in [0.25, 0.3) is 0 Å². The fourth-order valence-corrected chi connectivity index (χ4v) is 1.98. The third kappa shape index (κ3) is 3.92. The van der Waals surface area contributed by atoms with Gasteiger partial charge >= 0.3 is 0 Å². The zero-order valence-electron chi connectivity index (χ0n) is 10.7. The Morgan fingerprint density at radius 1 is 1.53 bits per heavy atom. The Labute approximate surface area is 102 Å². The number of hydrogen-bond acceptors (Lipinski definition) is 3. The van der Waals surface area contributed by atoms with E-state index in [2.05, 4.69) is 0 Å². The van der Waals surface area contributed by atoms with Crippen molar-refractivity contribution in [3.8, 4) is 0 Å². The molecule has 0 bridgehead atoms. The largest absolute Gasteiger partial charge is 0.396 e. The average molecular weight is 247 g/mol. The molecular weight excluding hydrogens is 225 g/mol. The number of amides is 1. The highest BCUT2D eigenvalue weighted by atomic mass is 19.1. The second kappa shape index (κ2) is 6.31. The average Bonchev–Trinajstić information content (AvgIpc) is 2.29. The van der Waals surface area contributed by atoms with E-state index in [0.29, 0.717) is 13.0 Å². The van der Waals surface area contributed by atoms with Gasteiger partial charge in [0.1, 0.15) is 6.17 Å². The molecule has 17 heavy (non-hydrogen) atoms. The monoisotopic (exact) mass is 247 g/mol. The molecule has 0 aromatic rings. The summed E-state index contributed by atoms with van der Waals surface area (Å²) in [7, 11) is 0. The van der Waals surface area contributed by atoms with E-state index in [-0.39, 0.29) is 25.2 Å². The molecule has 0 unspecified atom stereocenters. The highest BCUT2D eigenvalue weighted by Crippen LogP contribution is 2.20. The molecule has 0 radical (unpaired) electrons. The number of aliphatic hydroxyl groups is 1. The van der Waals surface area contributed by atoms with Crippen molar-refractivity contribution in [1.82, 2.24) is 4.90 Å². The van der Waals surface area contributed by atoms with Crippen LogP contribution in [0.15, 0.2) is 0 Å². The predicted molar refractivity (Wildman–Crippen MR) is 62.4 cm³/mol. The molecule has 0 saturated carbocycles. The van der Waals surface area contributed by atoms with Gasteiger partial charge in [-0.1, -0.05) is 6.92 Å². The van der Waals surface area contributed by atoms with Crippen LogP contribution in [0.4, 0.5) is 4.39 Å². The summed E-state index contributed by atoms with van der Waals surface area (Å²) in [5.41, 5.74) is 0. The van der Waals surface area contributed by atoms with Gasteiger partial charge in [-0.05, 0) is 20.3 Å².